The molecule has 2 aromatic heterocycles. The Bertz CT molecular complexity index is 430. The van der Waals surface area contributed by atoms with Gasteiger partial charge in [-0.25, -0.2) is 4.98 Å². The minimum atomic E-state index is 0.548. The van der Waals surface area contributed by atoms with Crippen LogP contribution in [-0.2, 0) is 19.5 Å². The van der Waals surface area contributed by atoms with Gasteiger partial charge in [0, 0.05) is 22.5 Å². The van der Waals surface area contributed by atoms with Crippen molar-refractivity contribution >= 4 is 11.3 Å². The maximum atomic E-state index is 5.62. The molecule has 15 heavy (non-hydrogen) atoms. The molecule has 0 aliphatic carbocycles. The van der Waals surface area contributed by atoms with Crippen LogP contribution in [0.1, 0.15) is 22.4 Å². The summed E-state index contributed by atoms with van der Waals surface area (Å²) >= 11 is 1.86. The third-order valence-electron chi connectivity index (χ3n) is 2.40. The number of thiophene rings is 1. The molecule has 0 aliphatic rings. The normalized spacial score (nSPS) is 10.8. The fourth-order valence-corrected chi connectivity index (χ4v) is 2.48. The molecule has 80 valence electrons. The van der Waals surface area contributed by atoms with Crippen molar-refractivity contribution in [3.8, 4) is 0 Å². The monoisotopic (exact) mass is 221 g/mol. The van der Waals surface area contributed by atoms with Gasteiger partial charge in [-0.2, -0.15) is 0 Å². The third kappa shape index (κ3) is 2.27. The van der Waals surface area contributed by atoms with Crippen molar-refractivity contribution in [3.63, 3.8) is 0 Å². The molecule has 2 heterocycles. The number of hydrogen-bond acceptors (Lipinski definition) is 3. The van der Waals surface area contributed by atoms with E-state index < -0.39 is 0 Å². The summed E-state index contributed by atoms with van der Waals surface area (Å²) < 4.78 is 2.10. The first-order valence-electron chi connectivity index (χ1n) is 5.10. The van der Waals surface area contributed by atoms with Crippen LogP contribution >= 0.6 is 11.3 Å². The molecular formula is C11H15N3S. The fraction of sp³-hybridized carbons (Fsp3) is 0.364. The second-order valence-corrected chi connectivity index (χ2v) is 4.69. The molecule has 0 aliphatic heterocycles. The lowest BCUT2D eigenvalue weighted by Crippen LogP contribution is -2.06. The second-order valence-electron chi connectivity index (χ2n) is 3.44. The first-order valence-corrected chi connectivity index (χ1v) is 5.91. The van der Waals surface area contributed by atoms with Crippen LogP contribution in [0.3, 0.4) is 0 Å². The van der Waals surface area contributed by atoms with E-state index >= 15 is 0 Å². The Morgan fingerprint density at radius 2 is 2.20 bits per heavy atom. The van der Waals surface area contributed by atoms with Gasteiger partial charge in [-0.05, 0) is 18.6 Å². The Hall–Kier alpha value is -1.13. The molecule has 0 amide bonds. The minimum Gasteiger partial charge on any atom is -0.328 e. The van der Waals surface area contributed by atoms with E-state index in [4.69, 9.17) is 5.73 Å². The number of rotatable bonds is 4. The number of imidazole rings is 1. The number of aryl methyl sites for hydroxylation is 1. The van der Waals surface area contributed by atoms with Gasteiger partial charge in [0.1, 0.15) is 0 Å². The first kappa shape index (κ1) is 10.4. The largest absolute Gasteiger partial charge is 0.328 e. The Morgan fingerprint density at radius 1 is 1.40 bits per heavy atom. The predicted octanol–water partition coefficient (Wildman–Crippen LogP) is 2.01. The summed E-state index contributed by atoms with van der Waals surface area (Å²) in [6.45, 7) is 3.61. The molecule has 4 heteroatoms. The van der Waals surface area contributed by atoms with Gasteiger partial charge in [0.05, 0.1) is 18.6 Å². The summed E-state index contributed by atoms with van der Waals surface area (Å²) in [5.74, 6) is 0. The topological polar surface area (TPSA) is 43.8 Å². The van der Waals surface area contributed by atoms with Crippen LogP contribution in [0.2, 0.25) is 0 Å². The van der Waals surface area contributed by atoms with Gasteiger partial charge in [0.25, 0.3) is 0 Å². The SMILES string of the molecule is CCc1ccc(Cn2cncc2CN)s1. The molecule has 0 radical (unpaired) electrons. The van der Waals surface area contributed by atoms with Crippen LogP contribution in [0.25, 0.3) is 0 Å². The van der Waals surface area contributed by atoms with Crippen LogP contribution in [0.5, 0.6) is 0 Å². The molecule has 2 rings (SSSR count). The van der Waals surface area contributed by atoms with Crippen molar-refractivity contribution in [2.75, 3.05) is 0 Å². The lowest BCUT2D eigenvalue weighted by molar-refractivity contribution is 0.749. The maximum absolute atomic E-state index is 5.62. The highest BCUT2D eigenvalue weighted by atomic mass is 32.1. The van der Waals surface area contributed by atoms with Crippen molar-refractivity contribution in [1.29, 1.82) is 0 Å². The van der Waals surface area contributed by atoms with E-state index in [9.17, 15) is 0 Å². The third-order valence-corrected chi connectivity index (χ3v) is 3.61. The van der Waals surface area contributed by atoms with E-state index in [1.54, 1.807) is 0 Å². The highest BCUT2D eigenvalue weighted by Gasteiger charge is 2.03. The van der Waals surface area contributed by atoms with Gasteiger partial charge in [0.2, 0.25) is 0 Å². The van der Waals surface area contributed by atoms with Gasteiger partial charge in [0.15, 0.2) is 0 Å². The summed E-state index contributed by atoms with van der Waals surface area (Å²) in [6, 6.07) is 4.38. The molecule has 0 atom stereocenters. The molecular weight excluding hydrogens is 206 g/mol. The van der Waals surface area contributed by atoms with Gasteiger partial charge >= 0.3 is 0 Å². The molecule has 0 saturated heterocycles. The highest BCUT2D eigenvalue weighted by molar-refractivity contribution is 7.11. The van der Waals surface area contributed by atoms with E-state index in [-0.39, 0.29) is 0 Å². The summed E-state index contributed by atoms with van der Waals surface area (Å²) in [7, 11) is 0. The Balaban J connectivity index is 2.14. The van der Waals surface area contributed by atoms with Crippen molar-refractivity contribution in [3.05, 3.63) is 40.1 Å². The molecule has 0 unspecified atom stereocenters. The van der Waals surface area contributed by atoms with Gasteiger partial charge in [-0.1, -0.05) is 6.92 Å². The fourth-order valence-electron chi connectivity index (χ4n) is 1.53. The lowest BCUT2D eigenvalue weighted by Gasteiger charge is -2.03. The summed E-state index contributed by atoms with van der Waals surface area (Å²) in [5.41, 5.74) is 6.71. The predicted molar refractivity (Wildman–Crippen MR) is 62.9 cm³/mol. The molecule has 3 nitrogen and oxygen atoms in total. The van der Waals surface area contributed by atoms with Crippen LogP contribution in [0, 0.1) is 0 Å². The first-order chi connectivity index (χ1) is 7.33. The second kappa shape index (κ2) is 4.59. The standard InChI is InChI=1S/C11H15N3S/c1-2-10-3-4-11(15-10)7-14-8-13-6-9(14)5-12/h3-4,6,8H,2,5,7,12H2,1H3. The van der Waals surface area contributed by atoms with Crippen LogP contribution in [0.4, 0.5) is 0 Å². The molecule has 2 N–H and O–H groups in total. The Kier molecular flexibility index (Phi) is 3.18. The zero-order valence-electron chi connectivity index (χ0n) is 8.81. The van der Waals surface area contributed by atoms with Crippen molar-refractivity contribution in [1.82, 2.24) is 9.55 Å². The molecule has 2 aromatic rings. The van der Waals surface area contributed by atoms with Crippen LogP contribution in [-0.4, -0.2) is 9.55 Å². The van der Waals surface area contributed by atoms with Crippen molar-refractivity contribution in [2.24, 2.45) is 5.73 Å². The van der Waals surface area contributed by atoms with E-state index in [0.717, 1.165) is 18.7 Å². The Morgan fingerprint density at radius 3 is 2.87 bits per heavy atom. The summed E-state index contributed by atoms with van der Waals surface area (Å²) in [6.07, 6.45) is 4.78. The highest BCUT2D eigenvalue weighted by Crippen LogP contribution is 2.18. The van der Waals surface area contributed by atoms with Gasteiger partial charge in [-0.15, -0.1) is 11.3 Å². The smallest absolute Gasteiger partial charge is 0.0952 e. The van der Waals surface area contributed by atoms with Crippen LogP contribution in [0.15, 0.2) is 24.7 Å². The quantitative estimate of drug-likeness (QED) is 0.858. The number of nitrogens with two attached hydrogens (primary N) is 1. The molecule has 0 bridgehead atoms. The van der Waals surface area contributed by atoms with Crippen molar-refractivity contribution in [2.45, 2.75) is 26.4 Å². The van der Waals surface area contributed by atoms with Gasteiger partial charge < -0.3 is 10.3 Å². The maximum Gasteiger partial charge on any atom is 0.0952 e. The number of aromatic nitrogens is 2. The average molecular weight is 221 g/mol. The molecule has 0 fully saturated rings. The van der Waals surface area contributed by atoms with E-state index in [0.29, 0.717) is 6.54 Å². The van der Waals surface area contributed by atoms with Gasteiger partial charge in [-0.3, -0.25) is 0 Å². The molecule has 0 spiro atoms. The minimum absolute atomic E-state index is 0.548. The van der Waals surface area contributed by atoms with E-state index in [1.807, 2.05) is 23.9 Å². The Labute approximate surface area is 93.6 Å². The zero-order valence-corrected chi connectivity index (χ0v) is 9.63. The van der Waals surface area contributed by atoms with E-state index in [1.165, 1.54) is 9.75 Å². The number of hydrogen-bond donors (Lipinski definition) is 1. The summed E-state index contributed by atoms with van der Waals surface area (Å²) in [4.78, 5) is 6.89. The van der Waals surface area contributed by atoms with E-state index in [2.05, 4.69) is 28.6 Å². The van der Waals surface area contributed by atoms with Crippen molar-refractivity contribution < 1.29 is 0 Å². The number of nitrogens with zero attached hydrogens (tertiary/aromatic N) is 2. The average Bonchev–Trinajstić information content (AvgIpc) is 2.87. The zero-order chi connectivity index (χ0) is 10.7. The molecule has 0 saturated carbocycles. The van der Waals surface area contributed by atoms with Crippen LogP contribution < -0.4 is 5.73 Å². The molecule has 0 aromatic carbocycles. The summed E-state index contributed by atoms with van der Waals surface area (Å²) in [5, 5.41) is 0. The lowest BCUT2D eigenvalue weighted by atomic mass is 10.3.